The molecule has 2 N–H and O–H groups in total. The van der Waals surface area contributed by atoms with Gasteiger partial charge in [-0.3, -0.25) is 0 Å². The van der Waals surface area contributed by atoms with Gasteiger partial charge in [0.25, 0.3) is 0 Å². The van der Waals surface area contributed by atoms with Gasteiger partial charge in [-0.25, -0.2) is 0 Å². The fourth-order valence-electron chi connectivity index (χ4n) is 0.479. The van der Waals surface area contributed by atoms with Gasteiger partial charge in [-0.05, 0) is 18.4 Å². The highest BCUT2D eigenvalue weighted by Gasteiger charge is 2.12. The van der Waals surface area contributed by atoms with Crippen LogP contribution >= 0.6 is 0 Å². The van der Waals surface area contributed by atoms with Crippen LogP contribution in [-0.2, 0) is 0 Å². The van der Waals surface area contributed by atoms with E-state index in [1.165, 1.54) is 0 Å². The van der Waals surface area contributed by atoms with Crippen LogP contribution in [0.4, 0.5) is 0 Å². The van der Waals surface area contributed by atoms with E-state index in [2.05, 4.69) is 24.1 Å². The van der Waals surface area contributed by atoms with E-state index < -0.39 is 0 Å². The van der Waals surface area contributed by atoms with Crippen molar-refractivity contribution in [2.24, 2.45) is 11.1 Å². The van der Waals surface area contributed by atoms with Crippen LogP contribution in [-0.4, -0.2) is 16.8 Å². The monoisotopic (exact) mass is 128 g/mol. The molecule has 3 radical (unpaired) electrons. The number of hydrogen-bond acceptors (Lipinski definition) is 1. The molecule has 0 aliphatic heterocycles. The Bertz CT molecular complexity index is 61.5. The summed E-state index contributed by atoms with van der Waals surface area (Å²) < 4.78 is 0. The van der Waals surface area contributed by atoms with E-state index in [1.54, 1.807) is 0 Å². The quantitative estimate of drug-likeness (QED) is 0.563. The van der Waals surface area contributed by atoms with E-state index in [0.717, 1.165) is 19.0 Å². The molecule has 0 aromatic carbocycles. The maximum Gasteiger partial charge on any atom is 0.0227 e. The normalized spacial score (nSPS) is 12.0. The first-order valence-electron chi connectivity index (χ1n) is 2.97. The summed E-state index contributed by atoms with van der Waals surface area (Å²) in [5.41, 5.74) is 5.75. The van der Waals surface area contributed by atoms with Crippen molar-refractivity contribution in [1.82, 2.24) is 0 Å². The summed E-state index contributed by atoms with van der Waals surface area (Å²) in [6.45, 7) is 5.19. The van der Waals surface area contributed by atoms with Gasteiger partial charge in [-0.15, -0.1) is 0 Å². The van der Waals surface area contributed by atoms with E-state index in [0.29, 0.717) is 5.41 Å². The summed E-state index contributed by atoms with van der Waals surface area (Å²) >= 11 is 0. The predicted molar refractivity (Wildman–Crippen MR) is 38.0 cm³/mol. The summed E-state index contributed by atoms with van der Waals surface area (Å²) in [5.74, 6) is 0. The number of rotatable bonds is 3. The third-order valence-electron chi connectivity index (χ3n) is 1.30. The average Bonchev–Trinajstić information content (AvgIpc) is 1.67. The summed E-state index contributed by atoms with van der Waals surface area (Å²) in [4.78, 5) is 0. The molecule has 0 heterocycles. The Kier molecular flexibility index (Phi) is 3.32. The van der Waals surface area contributed by atoms with E-state index in [1.807, 2.05) is 0 Å². The zero-order valence-electron chi connectivity index (χ0n) is 5.70. The SMILES string of the molecule is CC(C)(C[Si])CCN. The molecule has 0 aliphatic rings. The first-order chi connectivity index (χ1) is 3.62. The van der Waals surface area contributed by atoms with E-state index in [9.17, 15) is 0 Å². The van der Waals surface area contributed by atoms with Gasteiger partial charge in [0.05, 0.1) is 0 Å². The maximum absolute atomic E-state index is 5.37. The van der Waals surface area contributed by atoms with Gasteiger partial charge in [0, 0.05) is 10.2 Å². The Labute approximate surface area is 55.1 Å². The van der Waals surface area contributed by atoms with Gasteiger partial charge in [0.1, 0.15) is 0 Å². The topological polar surface area (TPSA) is 26.0 Å². The van der Waals surface area contributed by atoms with Crippen LogP contribution in [0.15, 0.2) is 0 Å². The Hall–Kier alpha value is 0.177. The standard InChI is InChI=1S/C6H14NSi/c1-6(2,5-8)3-4-7/h3-5,7H2,1-2H3. The lowest BCUT2D eigenvalue weighted by atomic mass is 9.92. The summed E-state index contributed by atoms with van der Waals surface area (Å²) in [6.07, 6.45) is 1.09. The molecular weight excluding hydrogens is 114 g/mol. The molecule has 0 fully saturated rings. The summed E-state index contributed by atoms with van der Waals surface area (Å²) in [7, 11) is 3.46. The molecule has 0 saturated carbocycles. The van der Waals surface area contributed by atoms with Crippen LogP contribution in [0.1, 0.15) is 20.3 Å². The van der Waals surface area contributed by atoms with E-state index in [4.69, 9.17) is 5.73 Å². The van der Waals surface area contributed by atoms with Crippen molar-refractivity contribution >= 4 is 10.2 Å². The highest BCUT2D eigenvalue weighted by molar-refractivity contribution is 6.08. The first-order valence-corrected chi connectivity index (χ1v) is 3.68. The van der Waals surface area contributed by atoms with Crippen LogP contribution < -0.4 is 5.73 Å². The lowest BCUT2D eigenvalue weighted by molar-refractivity contribution is 0.385. The zero-order valence-corrected chi connectivity index (χ0v) is 6.70. The van der Waals surface area contributed by atoms with Crippen LogP contribution in [0, 0.1) is 5.41 Å². The van der Waals surface area contributed by atoms with Gasteiger partial charge in [0.15, 0.2) is 0 Å². The second kappa shape index (κ2) is 3.25. The van der Waals surface area contributed by atoms with Gasteiger partial charge in [0.2, 0.25) is 0 Å². The van der Waals surface area contributed by atoms with Crippen molar-refractivity contribution in [3.63, 3.8) is 0 Å². The Morgan fingerprint density at radius 3 is 2.12 bits per heavy atom. The van der Waals surface area contributed by atoms with Crippen LogP contribution in [0.3, 0.4) is 0 Å². The second-order valence-corrected chi connectivity index (χ2v) is 3.23. The molecule has 0 aromatic heterocycles. The highest BCUT2D eigenvalue weighted by atomic mass is 28.1. The molecule has 0 amide bonds. The third-order valence-corrected chi connectivity index (χ3v) is 2.26. The molecule has 0 rings (SSSR count). The lowest BCUT2D eigenvalue weighted by Gasteiger charge is -2.20. The minimum absolute atomic E-state index is 0.381. The number of hydrogen-bond donors (Lipinski definition) is 1. The first kappa shape index (κ1) is 8.18. The predicted octanol–water partition coefficient (Wildman–Crippen LogP) is 0.948. The van der Waals surface area contributed by atoms with Gasteiger partial charge >= 0.3 is 0 Å². The van der Waals surface area contributed by atoms with Crippen molar-refractivity contribution in [1.29, 1.82) is 0 Å². The van der Waals surface area contributed by atoms with Gasteiger partial charge < -0.3 is 5.73 Å². The van der Waals surface area contributed by atoms with Crippen molar-refractivity contribution in [3.8, 4) is 0 Å². The maximum atomic E-state index is 5.37. The molecule has 8 heavy (non-hydrogen) atoms. The Morgan fingerprint density at radius 1 is 1.50 bits per heavy atom. The molecule has 0 aromatic rings. The molecule has 0 unspecified atom stereocenters. The second-order valence-electron chi connectivity index (χ2n) is 2.88. The smallest absolute Gasteiger partial charge is 0.0227 e. The molecule has 0 saturated heterocycles. The number of nitrogens with two attached hydrogens (primary N) is 1. The molecular formula is C6H14NSi. The molecule has 47 valence electrons. The van der Waals surface area contributed by atoms with Crippen LogP contribution in [0.2, 0.25) is 6.04 Å². The van der Waals surface area contributed by atoms with Gasteiger partial charge in [-0.2, -0.15) is 0 Å². The molecule has 0 atom stereocenters. The Morgan fingerprint density at radius 2 is 2.00 bits per heavy atom. The minimum atomic E-state index is 0.381. The van der Waals surface area contributed by atoms with Crippen LogP contribution in [0.5, 0.6) is 0 Å². The van der Waals surface area contributed by atoms with Gasteiger partial charge in [-0.1, -0.05) is 19.9 Å². The van der Waals surface area contributed by atoms with E-state index >= 15 is 0 Å². The largest absolute Gasteiger partial charge is 0.330 e. The fraction of sp³-hybridized carbons (Fsp3) is 1.00. The molecule has 2 heteroatoms. The van der Waals surface area contributed by atoms with Crippen molar-refractivity contribution in [2.45, 2.75) is 26.3 Å². The Balaban J connectivity index is 3.37. The molecule has 0 spiro atoms. The summed E-state index contributed by atoms with van der Waals surface area (Å²) in [5, 5.41) is 0. The zero-order chi connectivity index (χ0) is 6.62. The fourth-order valence-corrected chi connectivity index (χ4v) is 0.656. The van der Waals surface area contributed by atoms with Crippen LogP contribution in [0.25, 0.3) is 0 Å². The molecule has 1 nitrogen and oxygen atoms in total. The van der Waals surface area contributed by atoms with Crippen molar-refractivity contribution < 1.29 is 0 Å². The van der Waals surface area contributed by atoms with Crippen molar-refractivity contribution in [3.05, 3.63) is 0 Å². The lowest BCUT2D eigenvalue weighted by Crippen LogP contribution is -2.15. The van der Waals surface area contributed by atoms with Crippen molar-refractivity contribution in [2.75, 3.05) is 6.54 Å². The average molecular weight is 128 g/mol. The minimum Gasteiger partial charge on any atom is -0.330 e. The molecule has 0 aliphatic carbocycles. The molecule has 0 bridgehead atoms. The third kappa shape index (κ3) is 3.21. The van der Waals surface area contributed by atoms with E-state index in [-0.39, 0.29) is 0 Å². The highest BCUT2D eigenvalue weighted by Crippen LogP contribution is 2.22. The summed E-state index contributed by atoms with van der Waals surface area (Å²) in [6, 6.07) is 1.03.